The van der Waals surface area contributed by atoms with Gasteiger partial charge in [0.1, 0.15) is 0 Å². The topological polar surface area (TPSA) is 63.4 Å². The first kappa shape index (κ1) is 11.3. The van der Waals surface area contributed by atoms with Gasteiger partial charge < -0.3 is 5.73 Å². The fourth-order valence-corrected chi connectivity index (χ4v) is 3.11. The van der Waals surface area contributed by atoms with Gasteiger partial charge in [0.25, 0.3) is 11.8 Å². The Hall–Kier alpha value is -1.84. The maximum atomic E-state index is 12.4. The summed E-state index contributed by atoms with van der Waals surface area (Å²) in [4.78, 5) is 26.2. The quantitative estimate of drug-likeness (QED) is 0.608. The van der Waals surface area contributed by atoms with Crippen LogP contribution in [-0.2, 0) is 0 Å². The minimum Gasteiger partial charge on any atom is -0.399 e. The van der Waals surface area contributed by atoms with Crippen LogP contribution >= 0.6 is 0 Å². The van der Waals surface area contributed by atoms with Crippen LogP contribution in [0, 0.1) is 0 Å². The second-order valence-electron chi connectivity index (χ2n) is 5.45. The molecule has 0 atom stereocenters. The van der Waals surface area contributed by atoms with E-state index in [-0.39, 0.29) is 17.4 Å². The van der Waals surface area contributed by atoms with Gasteiger partial charge in [-0.3, -0.25) is 14.5 Å². The molecule has 4 heteroatoms. The van der Waals surface area contributed by atoms with Gasteiger partial charge in [0.05, 0.1) is 11.1 Å². The molecule has 1 saturated carbocycles. The van der Waals surface area contributed by atoms with Gasteiger partial charge in [0.2, 0.25) is 0 Å². The van der Waals surface area contributed by atoms with Crippen LogP contribution in [0.25, 0.3) is 0 Å². The Bertz CT molecular complexity index is 545. The monoisotopic (exact) mass is 244 g/mol. The van der Waals surface area contributed by atoms with Gasteiger partial charge in [-0.1, -0.05) is 12.8 Å². The SMILES string of the molecule is CC1(N2C(=O)c3ccc(N)cc3C2=O)CCCC1. The summed E-state index contributed by atoms with van der Waals surface area (Å²) in [6.45, 7) is 2.00. The van der Waals surface area contributed by atoms with E-state index in [1.54, 1.807) is 18.2 Å². The first-order valence-corrected chi connectivity index (χ1v) is 6.31. The van der Waals surface area contributed by atoms with Crippen LogP contribution in [0.2, 0.25) is 0 Å². The van der Waals surface area contributed by atoms with Crippen molar-refractivity contribution in [2.75, 3.05) is 5.73 Å². The molecule has 1 heterocycles. The molecule has 4 nitrogen and oxygen atoms in total. The number of nitrogens with two attached hydrogens (primary N) is 1. The van der Waals surface area contributed by atoms with E-state index in [9.17, 15) is 9.59 Å². The minimum atomic E-state index is -0.318. The molecule has 1 aromatic rings. The molecule has 1 aliphatic heterocycles. The lowest BCUT2D eigenvalue weighted by atomic mass is 9.98. The van der Waals surface area contributed by atoms with Gasteiger partial charge in [-0.05, 0) is 38.0 Å². The highest BCUT2D eigenvalue weighted by molar-refractivity contribution is 6.22. The molecule has 2 N–H and O–H groups in total. The molecule has 0 radical (unpaired) electrons. The first-order chi connectivity index (χ1) is 8.53. The summed E-state index contributed by atoms with van der Waals surface area (Å²) in [6.07, 6.45) is 3.94. The lowest BCUT2D eigenvalue weighted by Crippen LogP contribution is -2.47. The summed E-state index contributed by atoms with van der Waals surface area (Å²) < 4.78 is 0. The van der Waals surface area contributed by atoms with E-state index < -0.39 is 0 Å². The van der Waals surface area contributed by atoms with Crippen LogP contribution in [0.5, 0.6) is 0 Å². The van der Waals surface area contributed by atoms with Gasteiger partial charge in [-0.2, -0.15) is 0 Å². The average molecular weight is 244 g/mol. The van der Waals surface area contributed by atoms with E-state index >= 15 is 0 Å². The molecule has 0 unspecified atom stereocenters. The number of nitrogens with zero attached hydrogens (tertiary/aromatic N) is 1. The number of nitrogen functional groups attached to an aromatic ring is 1. The van der Waals surface area contributed by atoms with E-state index in [4.69, 9.17) is 5.73 Å². The average Bonchev–Trinajstić information content (AvgIpc) is 2.85. The second-order valence-corrected chi connectivity index (χ2v) is 5.45. The van der Waals surface area contributed by atoms with Gasteiger partial charge in [0, 0.05) is 11.2 Å². The predicted octanol–water partition coefficient (Wildman–Crippen LogP) is 2.20. The molecule has 1 aliphatic carbocycles. The fourth-order valence-electron chi connectivity index (χ4n) is 3.11. The van der Waals surface area contributed by atoms with Gasteiger partial charge in [-0.15, -0.1) is 0 Å². The number of hydrogen-bond acceptors (Lipinski definition) is 3. The molecule has 0 spiro atoms. The molecular weight excluding hydrogens is 228 g/mol. The van der Waals surface area contributed by atoms with Crippen molar-refractivity contribution in [2.45, 2.75) is 38.1 Å². The second kappa shape index (κ2) is 3.57. The largest absolute Gasteiger partial charge is 0.399 e. The van der Waals surface area contributed by atoms with Crippen molar-refractivity contribution in [1.82, 2.24) is 4.90 Å². The third-order valence-electron chi connectivity index (χ3n) is 4.13. The summed E-state index contributed by atoms with van der Waals surface area (Å²) in [7, 11) is 0. The van der Waals surface area contributed by atoms with Gasteiger partial charge >= 0.3 is 0 Å². The van der Waals surface area contributed by atoms with Crippen LogP contribution < -0.4 is 5.73 Å². The molecule has 3 rings (SSSR count). The molecule has 94 valence electrons. The Kier molecular flexibility index (Phi) is 2.24. The number of rotatable bonds is 1. The highest BCUT2D eigenvalue weighted by atomic mass is 16.2. The highest BCUT2D eigenvalue weighted by Gasteiger charge is 2.47. The van der Waals surface area contributed by atoms with E-state index in [1.165, 1.54) is 4.90 Å². The fraction of sp³-hybridized carbons (Fsp3) is 0.429. The number of carbonyl (C=O) groups excluding carboxylic acids is 2. The smallest absolute Gasteiger partial charge is 0.262 e. The summed E-state index contributed by atoms with van der Waals surface area (Å²) in [5.41, 5.74) is 6.83. The first-order valence-electron chi connectivity index (χ1n) is 6.31. The van der Waals surface area contributed by atoms with Crippen molar-refractivity contribution in [3.63, 3.8) is 0 Å². The number of amides is 2. The number of fused-ring (bicyclic) bond motifs is 1. The van der Waals surface area contributed by atoms with Crippen LogP contribution in [0.1, 0.15) is 53.3 Å². The van der Waals surface area contributed by atoms with Crippen molar-refractivity contribution in [1.29, 1.82) is 0 Å². The number of anilines is 1. The Balaban J connectivity index is 2.07. The summed E-state index contributed by atoms with van der Waals surface area (Å²) in [5.74, 6) is -0.355. The maximum Gasteiger partial charge on any atom is 0.262 e. The Morgan fingerprint density at radius 1 is 1.11 bits per heavy atom. The number of benzene rings is 1. The summed E-state index contributed by atoms with van der Waals surface area (Å²) in [6, 6.07) is 4.93. The minimum absolute atomic E-state index is 0.167. The van der Waals surface area contributed by atoms with Crippen LogP contribution in [0.3, 0.4) is 0 Å². The number of imide groups is 1. The van der Waals surface area contributed by atoms with Gasteiger partial charge in [0.15, 0.2) is 0 Å². The maximum absolute atomic E-state index is 12.4. The predicted molar refractivity (Wildman–Crippen MR) is 68.2 cm³/mol. The zero-order chi connectivity index (χ0) is 12.9. The molecule has 0 bridgehead atoms. The third-order valence-corrected chi connectivity index (χ3v) is 4.13. The van der Waals surface area contributed by atoms with Crippen LogP contribution in [0.4, 0.5) is 5.69 Å². The molecule has 2 amide bonds. The zero-order valence-electron chi connectivity index (χ0n) is 10.4. The van der Waals surface area contributed by atoms with Crippen LogP contribution in [-0.4, -0.2) is 22.3 Å². The van der Waals surface area contributed by atoms with Crippen molar-refractivity contribution in [3.8, 4) is 0 Å². The van der Waals surface area contributed by atoms with E-state index in [0.29, 0.717) is 16.8 Å². The molecule has 1 fully saturated rings. The Morgan fingerprint density at radius 3 is 2.39 bits per heavy atom. The zero-order valence-corrected chi connectivity index (χ0v) is 10.4. The lowest BCUT2D eigenvalue weighted by Gasteiger charge is -2.33. The number of carbonyl (C=O) groups is 2. The summed E-state index contributed by atoms with van der Waals surface area (Å²) in [5, 5.41) is 0. The molecule has 2 aliphatic rings. The van der Waals surface area contributed by atoms with E-state index in [0.717, 1.165) is 25.7 Å². The molecule has 1 aromatic carbocycles. The van der Waals surface area contributed by atoms with Crippen molar-refractivity contribution < 1.29 is 9.59 Å². The molecule has 0 aromatic heterocycles. The highest BCUT2D eigenvalue weighted by Crippen LogP contribution is 2.40. The Labute approximate surface area is 106 Å². The third kappa shape index (κ3) is 1.38. The van der Waals surface area contributed by atoms with E-state index in [1.807, 2.05) is 6.92 Å². The number of hydrogen-bond donors (Lipinski definition) is 1. The standard InChI is InChI=1S/C14H16N2O2/c1-14(6-2-3-7-14)16-12(17)10-5-4-9(15)8-11(10)13(16)18/h4-5,8H,2-3,6-7,15H2,1H3. The van der Waals surface area contributed by atoms with Crippen LogP contribution in [0.15, 0.2) is 18.2 Å². The van der Waals surface area contributed by atoms with E-state index in [2.05, 4.69) is 0 Å². The summed E-state index contributed by atoms with van der Waals surface area (Å²) >= 11 is 0. The van der Waals surface area contributed by atoms with Gasteiger partial charge in [-0.25, -0.2) is 0 Å². The molecule has 18 heavy (non-hydrogen) atoms. The normalized spacial score (nSPS) is 21.5. The lowest BCUT2D eigenvalue weighted by molar-refractivity contribution is 0.0461. The van der Waals surface area contributed by atoms with Crippen molar-refractivity contribution in [3.05, 3.63) is 29.3 Å². The molecule has 0 saturated heterocycles. The Morgan fingerprint density at radius 2 is 1.72 bits per heavy atom. The van der Waals surface area contributed by atoms with Crippen molar-refractivity contribution in [2.24, 2.45) is 0 Å². The molecular formula is C14H16N2O2. The van der Waals surface area contributed by atoms with Crippen molar-refractivity contribution >= 4 is 17.5 Å².